The predicted molar refractivity (Wildman–Crippen MR) is 117 cm³/mol. The smallest absolute Gasteiger partial charge is 0.307 e. The van der Waals surface area contributed by atoms with Crippen LogP contribution in [0.5, 0.6) is 11.5 Å². The summed E-state index contributed by atoms with van der Waals surface area (Å²) in [6.07, 6.45) is 1.62. The quantitative estimate of drug-likeness (QED) is 0.496. The molecular formula is C24H27N3O5. The molecule has 0 bridgehead atoms. The van der Waals surface area contributed by atoms with Crippen LogP contribution in [0.15, 0.2) is 47.0 Å². The zero-order valence-corrected chi connectivity index (χ0v) is 18.5. The number of fused-ring (bicyclic) bond motifs is 1. The zero-order valence-electron chi connectivity index (χ0n) is 18.5. The zero-order chi connectivity index (χ0) is 22.5. The number of benzene rings is 2. The third-order valence-electron chi connectivity index (χ3n) is 5.75. The Kier molecular flexibility index (Phi) is 6.70. The van der Waals surface area contributed by atoms with Crippen LogP contribution in [0.1, 0.15) is 40.9 Å². The number of carbonyl (C=O) groups excluding carboxylic acids is 1. The van der Waals surface area contributed by atoms with Crippen LogP contribution in [0.2, 0.25) is 0 Å². The van der Waals surface area contributed by atoms with Gasteiger partial charge in [0, 0.05) is 19.0 Å². The van der Waals surface area contributed by atoms with Crippen LogP contribution in [0.3, 0.4) is 0 Å². The number of esters is 1. The Balaban J connectivity index is 1.57. The molecule has 3 aromatic rings. The van der Waals surface area contributed by atoms with Gasteiger partial charge in [0.2, 0.25) is 5.89 Å². The standard InChI is InChI=1S/C24H27N3O5/c1-29-20-12-17-9-10-27(19(14-24(28)31-3)18(17)13-21(20)30-2)15-23-25-22(26-32-23)11-16-7-5-4-6-8-16/h4-8,12-13,19H,9-11,14-15H2,1-3H3/t19-/m0/s1. The number of nitrogens with zero attached hydrogens (tertiary/aromatic N) is 3. The van der Waals surface area contributed by atoms with Gasteiger partial charge in [-0.3, -0.25) is 9.69 Å². The molecule has 0 aliphatic carbocycles. The SMILES string of the molecule is COC(=O)C[C@H]1c2cc(OC)c(OC)cc2CCN1Cc1nc(Cc2ccccc2)no1. The molecule has 2 heterocycles. The molecule has 0 unspecified atom stereocenters. The van der Waals surface area contributed by atoms with Gasteiger partial charge in [-0.1, -0.05) is 35.5 Å². The largest absolute Gasteiger partial charge is 0.493 e. The molecule has 8 heteroatoms. The third kappa shape index (κ3) is 4.75. The lowest BCUT2D eigenvalue weighted by molar-refractivity contribution is -0.142. The van der Waals surface area contributed by atoms with E-state index in [1.54, 1.807) is 14.2 Å². The van der Waals surface area contributed by atoms with Crippen LogP contribution in [0, 0.1) is 0 Å². The highest BCUT2D eigenvalue weighted by Gasteiger charge is 2.32. The van der Waals surface area contributed by atoms with Gasteiger partial charge in [-0.25, -0.2) is 0 Å². The molecule has 0 saturated heterocycles. The molecule has 0 N–H and O–H groups in total. The van der Waals surface area contributed by atoms with Crippen molar-refractivity contribution in [1.82, 2.24) is 15.0 Å². The molecule has 2 aromatic carbocycles. The van der Waals surface area contributed by atoms with Crippen molar-refractivity contribution in [2.45, 2.75) is 31.8 Å². The molecule has 1 aliphatic rings. The number of rotatable bonds is 8. The summed E-state index contributed by atoms with van der Waals surface area (Å²) in [6, 6.07) is 13.8. The van der Waals surface area contributed by atoms with Crippen molar-refractivity contribution < 1.29 is 23.5 Å². The summed E-state index contributed by atoms with van der Waals surface area (Å²) >= 11 is 0. The molecule has 8 nitrogen and oxygen atoms in total. The highest BCUT2D eigenvalue weighted by Crippen LogP contribution is 2.40. The lowest BCUT2D eigenvalue weighted by atomic mass is 9.90. The molecule has 168 valence electrons. The summed E-state index contributed by atoms with van der Waals surface area (Å²) in [7, 11) is 4.62. The van der Waals surface area contributed by atoms with Gasteiger partial charge in [0.05, 0.1) is 34.3 Å². The van der Waals surface area contributed by atoms with Crippen molar-refractivity contribution in [2.75, 3.05) is 27.9 Å². The Morgan fingerprint density at radius 1 is 1.12 bits per heavy atom. The normalized spacial score (nSPS) is 15.8. The number of ether oxygens (including phenoxy) is 3. The van der Waals surface area contributed by atoms with E-state index in [1.807, 2.05) is 42.5 Å². The predicted octanol–water partition coefficient (Wildman–Crippen LogP) is 3.34. The fourth-order valence-corrected chi connectivity index (χ4v) is 4.13. The molecule has 1 aromatic heterocycles. The van der Waals surface area contributed by atoms with E-state index in [9.17, 15) is 4.79 Å². The third-order valence-corrected chi connectivity index (χ3v) is 5.75. The summed E-state index contributed by atoms with van der Waals surface area (Å²) in [4.78, 5) is 19.0. The van der Waals surface area contributed by atoms with Crippen molar-refractivity contribution in [1.29, 1.82) is 0 Å². The Labute approximate surface area is 187 Å². The van der Waals surface area contributed by atoms with Crippen molar-refractivity contribution in [3.8, 4) is 11.5 Å². The first-order chi connectivity index (χ1) is 15.6. The van der Waals surface area contributed by atoms with Crippen molar-refractivity contribution in [3.05, 3.63) is 70.9 Å². The maximum Gasteiger partial charge on any atom is 0.307 e. The molecule has 0 saturated carbocycles. The summed E-state index contributed by atoms with van der Waals surface area (Å²) in [5.41, 5.74) is 3.27. The van der Waals surface area contributed by atoms with E-state index in [1.165, 1.54) is 7.11 Å². The van der Waals surface area contributed by atoms with E-state index in [2.05, 4.69) is 15.0 Å². The second kappa shape index (κ2) is 9.82. The summed E-state index contributed by atoms with van der Waals surface area (Å²) in [5.74, 6) is 2.19. The molecule has 0 radical (unpaired) electrons. The molecule has 1 atom stereocenters. The average molecular weight is 437 g/mol. The van der Waals surface area contributed by atoms with Gasteiger partial charge in [-0.2, -0.15) is 4.98 Å². The van der Waals surface area contributed by atoms with E-state index in [0.717, 1.165) is 29.7 Å². The van der Waals surface area contributed by atoms with Gasteiger partial charge >= 0.3 is 5.97 Å². The van der Waals surface area contributed by atoms with Gasteiger partial charge in [0.15, 0.2) is 17.3 Å². The second-order valence-corrected chi connectivity index (χ2v) is 7.69. The maximum atomic E-state index is 12.2. The first-order valence-corrected chi connectivity index (χ1v) is 10.5. The van der Waals surface area contributed by atoms with Crippen LogP contribution in [-0.4, -0.2) is 48.9 Å². The number of aromatic nitrogens is 2. The lowest BCUT2D eigenvalue weighted by Crippen LogP contribution is -2.36. The fraction of sp³-hybridized carbons (Fsp3) is 0.375. The minimum atomic E-state index is -0.280. The Morgan fingerprint density at radius 3 is 2.59 bits per heavy atom. The van der Waals surface area contributed by atoms with Gasteiger partial charge in [-0.15, -0.1) is 0 Å². The number of carbonyl (C=O) groups is 1. The highest BCUT2D eigenvalue weighted by molar-refractivity contribution is 5.70. The fourth-order valence-electron chi connectivity index (χ4n) is 4.13. The maximum absolute atomic E-state index is 12.2. The molecule has 4 rings (SSSR count). The molecular weight excluding hydrogens is 410 g/mol. The monoisotopic (exact) mass is 437 g/mol. The Morgan fingerprint density at radius 2 is 1.88 bits per heavy atom. The minimum absolute atomic E-state index is 0.199. The van der Waals surface area contributed by atoms with Crippen LogP contribution in [-0.2, 0) is 28.9 Å². The number of hydrogen-bond donors (Lipinski definition) is 0. The van der Waals surface area contributed by atoms with Crippen LogP contribution in [0.4, 0.5) is 0 Å². The van der Waals surface area contributed by atoms with E-state index in [0.29, 0.717) is 36.2 Å². The van der Waals surface area contributed by atoms with Gasteiger partial charge in [0.1, 0.15) is 0 Å². The van der Waals surface area contributed by atoms with Crippen LogP contribution >= 0.6 is 0 Å². The first kappa shape index (κ1) is 21.8. The van der Waals surface area contributed by atoms with Gasteiger partial charge in [0.25, 0.3) is 0 Å². The molecule has 0 spiro atoms. The Bertz CT molecular complexity index is 1070. The van der Waals surface area contributed by atoms with Crippen molar-refractivity contribution in [2.24, 2.45) is 0 Å². The van der Waals surface area contributed by atoms with Gasteiger partial charge < -0.3 is 18.7 Å². The Hall–Kier alpha value is -3.39. The van der Waals surface area contributed by atoms with Crippen molar-refractivity contribution >= 4 is 5.97 Å². The lowest BCUT2D eigenvalue weighted by Gasteiger charge is -2.36. The average Bonchev–Trinajstić information content (AvgIpc) is 3.26. The highest BCUT2D eigenvalue weighted by atomic mass is 16.5. The minimum Gasteiger partial charge on any atom is -0.493 e. The summed E-state index contributed by atoms with van der Waals surface area (Å²) in [5, 5.41) is 4.13. The number of hydrogen-bond acceptors (Lipinski definition) is 8. The molecule has 0 fully saturated rings. The number of methoxy groups -OCH3 is 3. The molecule has 0 amide bonds. The summed E-state index contributed by atoms with van der Waals surface area (Å²) in [6.45, 7) is 1.18. The van der Waals surface area contributed by atoms with Crippen LogP contribution in [0.25, 0.3) is 0 Å². The van der Waals surface area contributed by atoms with E-state index in [4.69, 9.17) is 18.7 Å². The van der Waals surface area contributed by atoms with Crippen LogP contribution < -0.4 is 9.47 Å². The van der Waals surface area contributed by atoms with E-state index < -0.39 is 0 Å². The topological polar surface area (TPSA) is 86.9 Å². The van der Waals surface area contributed by atoms with E-state index in [-0.39, 0.29) is 18.4 Å². The molecule has 32 heavy (non-hydrogen) atoms. The molecule has 1 aliphatic heterocycles. The summed E-state index contributed by atoms with van der Waals surface area (Å²) < 4.78 is 21.4. The van der Waals surface area contributed by atoms with Crippen molar-refractivity contribution in [3.63, 3.8) is 0 Å². The van der Waals surface area contributed by atoms with E-state index >= 15 is 0 Å². The second-order valence-electron chi connectivity index (χ2n) is 7.69. The van der Waals surface area contributed by atoms with Gasteiger partial charge in [-0.05, 0) is 35.2 Å². The first-order valence-electron chi connectivity index (χ1n) is 10.5.